The first kappa shape index (κ1) is 21.4. The summed E-state index contributed by atoms with van der Waals surface area (Å²) >= 11 is 0. The Morgan fingerprint density at radius 1 is 1.04 bits per heavy atom. The predicted molar refractivity (Wildman–Crippen MR) is 88.0 cm³/mol. The van der Waals surface area contributed by atoms with Crippen molar-refractivity contribution in [3.63, 3.8) is 0 Å². The molecule has 0 amide bonds. The van der Waals surface area contributed by atoms with Crippen molar-refractivity contribution in [3.05, 3.63) is 11.8 Å². The molecule has 160 valence electrons. The lowest BCUT2D eigenvalue weighted by Crippen LogP contribution is -2.60. The highest BCUT2D eigenvalue weighted by Crippen LogP contribution is 2.47. The average molecular weight is 406 g/mol. The summed E-state index contributed by atoms with van der Waals surface area (Å²) in [5.74, 6) is -2.82. The van der Waals surface area contributed by atoms with Crippen LogP contribution in [0.1, 0.15) is 6.92 Å². The van der Waals surface area contributed by atoms with E-state index in [9.17, 15) is 35.4 Å². The van der Waals surface area contributed by atoms with Crippen molar-refractivity contribution in [2.75, 3.05) is 13.7 Å². The fourth-order valence-corrected chi connectivity index (χ4v) is 4.16. The molecule has 11 atom stereocenters. The molecule has 3 aliphatic rings. The van der Waals surface area contributed by atoms with Crippen LogP contribution in [0.4, 0.5) is 0 Å². The number of hydrogen-bond donors (Lipinski definition) is 6. The topological polar surface area (TPSA) is 175 Å². The fourth-order valence-electron chi connectivity index (χ4n) is 4.16. The van der Waals surface area contributed by atoms with Gasteiger partial charge >= 0.3 is 5.97 Å². The second kappa shape index (κ2) is 8.20. The number of fused-ring (bicyclic) bond motifs is 1. The molecule has 11 heteroatoms. The molecule has 2 fully saturated rings. The third-order valence-corrected chi connectivity index (χ3v) is 5.82. The second-order valence-corrected chi connectivity index (χ2v) is 7.35. The number of esters is 1. The third-order valence-electron chi connectivity index (χ3n) is 5.82. The van der Waals surface area contributed by atoms with E-state index in [1.54, 1.807) is 6.92 Å². The summed E-state index contributed by atoms with van der Waals surface area (Å²) in [5.41, 5.74) is 0.0389. The van der Waals surface area contributed by atoms with Gasteiger partial charge in [0.05, 0.1) is 37.8 Å². The van der Waals surface area contributed by atoms with E-state index in [1.807, 2.05) is 0 Å². The first-order valence-electron chi connectivity index (χ1n) is 8.98. The van der Waals surface area contributed by atoms with Gasteiger partial charge in [0, 0.05) is 11.8 Å². The zero-order chi connectivity index (χ0) is 20.7. The van der Waals surface area contributed by atoms with Crippen LogP contribution in [-0.2, 0) is 23.7 Å². The number of carbonyl (C=O) groups is 1. The molecule has 0 aromatic heterocycles. The van der Waals surface area contributed by atoms with Gasteiger partial charge in [-0.05, 0) is 5.92 Å². The van der Waals surface area contributed by atoms with Crippen LogP contribution in [0.15, 0.2) is 11.8 Å². The highest BCUT2D eigenvalue weighted by atomic mass is 16.8. The summed E-state index contributed by atoms with van der Waals surface area (Å²) in [7, 11) is 1.18. The Morgan fingerprint density at radius 3 is 2.32 bits per heavy atom. The highest BCUT2D eigenvalue weighted by Gasteiger charge is 2.57. The smallest absolute Gasteiger partial charge is 0.337 e. The predicted octanol–water partition coefficient (Wildman–Crippen LogP) is -3.18. The average Bonchev–Trinajstić information content (AvgIpc) is 2.92. The van der Waals surface area contributed by atoms with E-state index in [2.05, 4.69) is 0 Å². The number of ether oxygens (including phenoxy) is 4. The maximum Gasteiger partial charge on any atom is 0.337 e. The van der Waals surface area contributed by atoms with E-state index in [0.717, 1.165) is 6.26 Å². The van der Waals surface area contributed by atoms with Gasteiger partial charge in [0.1, 0.15) is 24.4 Å². The number of methoxy groups -OCH3 is 1. The van der Waals surface area contributed by atoms with Gasteiger partial charge in [-0.2, -0.15) is 0 Å². The minimum Gasteiger partial charge on any atom is -0.472 e. The molecule has 6 N–H and O–H groups in total. The van der Waals surface area contributed by atoms with E-state index in [1.165, 1.54) is 7.11 Å². The Bertz CT molecular complexity index is 608. The normalized spacial score (nSPS) is 48.4. The Kier molecular flexibility index (Phi) is 6.27. The summed E-state index contributed by atoms with van der Waals surface area (Å²) < 4.78 is 21.1. The van der Waals surface area contributed by atoms with Crippen LogP contribution in [0, 0.1) is 17.8 Å². The minimum absolute atomic E-state index is 0.0389. The summed E-state index contributed by atoms with van der Waals surface area (Å²) in [6, 6.07) is 0. The number of aliphatic hydroxyl groups is 6. The van der Waals surface area contributed by atoms with Crippen LogP contribution >= 0.6 is 0 Å². The van der Waals surface area contributed by atoms with Gasteiger partial charge in [0.25, 0.3) is 0 Å². The van der Waals surface area contributed by atoms with E-state index in [0.29, 0.717) is 0 Å². The molecule has 3 rings (SSSR count). The van der Waals surface area contributed by atoms with Crippen molar-refractivity contribution >= 4 is 5.97 Å². The van der Waals surface area contributed by atoms with Crippen molar-refractivity contribution < 1.29 is 54.4 Å². The van der Waals surface area contributed by atoms with E-state index < -0.39 is 79.5 Å². The molecule has 11 nitrogen and oxygen atoms in total. The van der Waals surface area contributed by atoms with Gasteiger partial charge in [-0.15, -0.1) is 0 Å². The Morgan fingerprint density at radius 2 is 1.71 bits per heavy atom. The molecule has 0 spiro atoms. The van der Waals surface area contributed by atoms with Crippen molar-refractivity contribution in [1.29, 1.82) is 0 Å². The molecule has 0 radical (unpaired) electrons. The molecule has 1 saturated carbocycles. The molecule has 1 aliphatic carbocycles. The molecule has 0 aromatic carbocycles. The van der Waals surface area contributed by atoms with Gasteiger partial charge in [-0.25, -0.2) is 4.79 Å². The molecule has 0 bridgehead atoms. The van der Waals surface area contributed by atoms with Crippen LogP contribution in [0.2, 0.25) is 0 Å². The lowest BCUT2D eigenvalue weighted by Gasteiger charge is -2.43. The molecule has 1 saturated heterocycles. The summed E-state index contributed by atoms with van der Waals surface area (Å²) in [6.45, 7) is 1.02. The first-order chi connectivity index (χ1) is 13.2. The van der Waals surface area contributed by atoms with Crippen molar-refractivity contribution in [2.24, 2.45) is 17.8 Å². The van der Waals surface area contributed by atoms with Crippen molar-refractivity contribution in [2.45, 2.75) is 56.1 Å². The zero-order valence-electron chi connectivity index (χ0n) is 15.4. The van der Waals surface area contributed by atoms with E-state index >= 15 is 0 Å². The molecule has 2 heterocycles. The monoisotopic (exact) mass is 406 g/mol. The maximum atomic E-state index is 12.0. The SMILES string of the molecule is COC(=O)C1=CO[C@@H](OC2OC(CO)C(O)C(O)C2O)[C@H]2[C@@H](C)[C@@H](O)[C@@H](O)[C@@H]12. The Balaban J connectivity index is 1.84. The molecule has 5 unspecified atom stereocenters. The van der Waals surface area contributed by atoms with Crippen LogP contribution < -0.4 is 0 Å². The van der Waals surface area contributed by atoms with Crippen LogP contribution in [-0.4, -0.2) is 99.5 Å². The van der Waals surface area contributed by atoms with Gasteiger partial charge in [0.2, 0.25) is 6.29 Å². The first-order valence-corrected chi connectivity index (χ1v) is 8.98. The molecule has 2 aliphatic heterocycles. The highest BCUT2D eigenvalue weighted by molar-refractivity contribution is 5.89. The van der Waals surface area contributed by atoms with Crippen LogP contribution in [0.3, 0.4) is 0 Å². The largest absolute Gasteiger partial charge is 0.472 e. The Labute approximate surface area is 160 Å². The summed E-state index contributed by atoms with van der Waals surface area (Å²) in [5, 5.41) is 59.9. The standard InChI is InChI=1S/C17H26O11/c1-5-8-9(12(21)10(5)19)6(15(24)25-2)4-26-16(8)28-17-14(23)13(22)11(20)7(3-18)27-17/h4-5,7-14,16-23H,3H2,1-2H3/t5-,7?,8+,9+,10-,11?,12+,13?,14?,16+,17?/m1/s1. The number of hydrogen-bond acceptors (Lipinski definition) is 11. The quantitative estimate of drug-likeness (QED) is 0.260. The van der Waals surface area contributed by atoms with Crippen molar-refractivity contribution in [3.8, 4) is 0 Å². The second-order valence-electron chi connectivity index (χ2n) is 7.35. The molecule has 28 heavy (non-hydrogen) atoms. The van der Waals surface area contributed by atoms with Gasteiger partial charge in [0.15, 0.2) is 6.29 Å². The summed E-state index contributed by atoms with van der Waals surface area (Å²) in [6.07, 6.45) is -9.96. The molecular weight excluding hydrogens is 380 g/mol. The molecular formula is C17H26O11. The number of rotatable bonds is 4. The van der Waals surface area contributed by atoms with Gasteiger partial charge in [-0.3, -0.25) is 0 Å². The Hall–Kier alpha value is -1.31. The van der Waals surface area contributed by atoms with E-state index in [-0.39, 0.29) is 5.57 Å². The van der Waals surface area contributed by atoms with Gasteiger partial charge < -0.3 is 49.6 Å². The van der Waals surface area contributed by atoms with Crippen molar-refractivity contribution in [1.82, 2.24) is 0 Å². The lowest BCUT2D eigenvalue weighted by molar-refractivity contribution is -0.343. The zero-order valence-corrected chi connectivity index (χ0v) is 15.4. The minimum atomic E-state index is -1.64. The van der Waals surface area contributed by atoms with Crippen LogP contribution in [0.5, 0.6) is 0 Å². The van der Waals surface area contributed by atoms with Gasteiger partial charge in [-0.1, -0.05) is 6.92 Å². The number of aliphatic hydroxyl groups excluding tert-OH is 6. The van der Waals surface area contributed by atoms with Crippen LogP contribution in [0.25, 0.3) is 0 Å². The summed E-state index contributed by atoms with van der Waals surface area (Å²) in [4.78, 5) is 12.0. The third kappa shape index (κ3) is 3.42. The molecule has 0 aromatic rings. The lowest BCUT2D eigenvalue weighted by atomic mass is 9.82. The maximum absolute atomic E-state index is 12.0. The fraction of sp³-hybridized carbons (Fsp3) is 0.824. The number of carbonyl (C=O) groups excluding carboxylic acids is 1. The van der Waals surface area contributed by atoms with E-state index in [4.69, 9.17) is 18.9 Å².